The van der Waals surface area contributed by atoms with Crippen LogP contribution in [0.1, 0.15) is 43.9 Å². The van der Waals surface area contributed by atoms with E-state index in [0.717, 1.165) is 12.8 Å². The van der Waals surface area contributed by atoms with Crippen LogP contribution in [0.3, 0.4) is 0 Å². The molecule has 3 nitrogen and oxygen atoms in total. The Morgan fingerprint density at radius 1 is 1.27 bits per heavy atom. The molecule has 1 fully saturated rings. The first-order chi connectivity index (χ1) is 10.1. The van der Waals surface area contributed by atoms with Crippen molar-refractivity contribution in [1.82, 2.24) is 0 Å². The second-order valence-corrected chi connectivity index (χ2v) is 7.91. The predicted octanol–water partition coefficient (Wildman–Crippen LogP) is 2.39. The van der Waals surface area contributed by atoms with E-state index < -0.39 is 0 Å². The zero-order valence-electron chi connectivity index (χ0n) is 14.2. The first kappa shape index (κ1) is 20.3. The third kappa shape index (κ3) is 4.65. The van der Waals surface area contributed by atoms with Crippen molar-refractivity contribution in [3.8, 4) is 11.5 Å². The van der Waals surface area contributed by atoms with Crippen molar-refractivity contribution in [1.29, 1.82) is 0 Å². The standard InChI is InChI=1S/C15H19BrClO3P.Li.H/c1-19-13-10(16)8-11(17)14(20-2)12(13)15(18)21-9-6-4-3-5-7-9;;/h8-9,21H,3-7H2,1-2H3;;/q;+1;-1. The van der Waals surface area contributed by atoms with E-state index in [9.17, 15) is 4.79 Å². The van der Waals surface area contributed by atoms with Crippen LogP contribution < -0.4 is 28.3 Å². The average Bonchev–Trinajstić information content (AvgIpc) is 2.47. The number of carbonyl (C=O) groups excluding carboxylic acids is 1. The summed E-state index contributed by atoms with van der Waals surface area (Å²) in [6.07, 6.45) is 5.99. The summed E-state index contributed by atoms with van der Waals surface area (Å²) in [5.74, 6) is 0.912. The van der Waals surface area contributed by atoms with E-state index in [2.05, 4.69) is 15.9 Å². The second-order valence-electron chi connectivity index (χ2n) is 5.09. The molecule has 1 aromatic rings. The third-order valence-corrected chi connectivity index (χ3v) is 6.08. The van der Waals surface area contributed by atoms with Gasteiger partial charge in [0.2, 0.25) is 0 Å². The summed E-state index contributed by atoms with van der Waals surface area (Å²) in [7, 11) is 3.32. The van der Waals surface area contributed by atoms with Gasteiger partial charge in [-0.3, -0.25) is 4.79 Å². The van der Waals surface area contributed by atoms with Crippen molar-refractivity contribution in [2.45, 2.75) is 37.8 Å². The molecule has 0 bridgehead atoms. The summed E-state index contributed by atoms with van der Waals surface area (Å²) in [6.45, 7) is 0. The molecule has 1 aliphatic carbocycles. The maximum absolute atomic E-state index is 12.7. The van der Waals surface area contributed by atoms with Gasteiger partial charge in [-0.1, -0.05) is 30.9 Å². The number of hydrogen-bond acceptors (Lipinski definition) is 3. The number of carbonyl (C=O) groups is 1. The molecular formula is C15H20BrClLiO3P. The van der Waals surface area contributed by atoms with Crippen LogP contribution in [-0.2, 0) is 0 Å². The van der Waals surface area contributed by atoms with Crippen LogP contribution in [0.2, 0.25) is 5.02 Å². The normalized spacial score (nSPS) is 15.6. The molecule has 2 rings (SSSR count). The topological polar surface area (TPSA) is 35.5 Å². The van der Waals surface area contributed by atoms with Gasteiger partial charge >= 0.3 is 18.9 Å². The van der Waals surface area contributed by atoms with Crippen LogP contribution in [0.15, 0.2) is 10.5 Å². The Kier molecular flexibility index (Phi) is 8.83. The van der Waals surface area contributed by atoms with Gasteiger partial charge in [0.25, 0.3) is 0 Å². The van der Waals surface area contributed by atoms with Gasteiger partial charge in [-0.25, -0.2) is 0 Å². The minimum Gasteiger partial charge on any atom is -1.00 e. The van der Waals surface area contributed by atoms with Crippen molar-refractivity contribution in [2.75, 3.05) is 14.2 Å². The third-order valence-electron chi connectivity index (χ3n) is 3.72. The Hall–Kier alpha value is 0.287. The first-order valence-corrected chi connectivity index (χ1v) is 9.24. The molecule has 1 saturated carbocycles. The quantitative estimate of drug-likeness (QED) is 0.561. The molecule has 0 N–H and O–H groups in total. The van der Waals surface area contributed by atoms with Crippen LogP contribution in [0.4, 0.5) is 0 Å². The zero-order chi connectivity index (χ0) is 15.4. The van der Waals surface area contributed by atoms with Crippen molar-refractivity contribution in [3.05, 3.63) is 21.1 Å². The van der Waals surface area contributed by atoms with E-state index in [0.29, 0.717) is 32.2 Å². The smallest absolute Gasteiger partial charge is 1.00 e. The van der Waals surface area contributed by atoms with Crippen molar-refractivity contribution < 1.29 is 34.6 Å². The zero-order valence-corrected chi connectivity index (χ0v) is 16.5. The molecule has 1 atom stereocenters. The molecule has 0 radical (unpaired) electrons. The van der Waals surface area contributed by atoms with Gasteiger partial charge in [0.15, 0.2) is 11.3 Å². The summed E-state index contributed by atoms with van der Waals surface area (Å²) >= 11 is 9.59. The van der Waals surface area contributed by atoms with Crippen LogP contribution in [0, 0.1) is 0 Å². The van der Waals surface area contributed by atoms with E-state index in [1.165, 1.54) is 26.4 Å². The molecule has 0 spiro atoms. The van der Waals surface area contributed by atoms with Crippen LogP contribution in [0.5, 0.6) is 11.5 Å². The SMILES string of the molecule is COc1c(Cl)cc(Br)c(OC)c1C(=O)PC1CCCCC1.[H-].[Li+]. The van der Waals surface area contributed by atoms with Crippen molar-refractivity contribution in [2.24, 2.45) is 0 Å². The molecule has 0 aliphatic heterocycles. The molecule has 118 valence electrons. The molecule has 7 heteroatoms. The minimum atomic E-state index is 0. The number of ether oxygens (including phenoxy) is 2. The Balaban J connectivity index is 0.00000242. The first-order valence-electron chi connectivity index (χ1n) is 6.99. The molecule has 0 aromatic heterocycles. The molecule has 1 unspecified atom stereocenters. The fourth-order valence-corrected chi connectivity index (χ4v) is 5.13. The van der Waals surface area contributed by atoms with E-state index in [1.807, 2.05) is 0 Å². The summed E-state index contributed by atoms with van der Waals surface area (Å²) in [5, 5.41) is 0.418. The second kappa shape index (κ2) is 9.55. The number of hydrogen-bond donors (Lipinski definition) is 0. The molecule has 0 amide bonds. The molecule has 1 aromatic carbocycles. The number of methoxy groups -OCH3 is 2. The van der Waals surface area contributed by atoms with Gasteiger partial charge in [0.1, 0.15) is 11.3 Å². The Bertz CT molecular complexity index is 514. The Labute approximate surface area is 160 Å². The fourth-order valence-electron chi connectivity index (χ4n) is 2.69. The number of halogens is 2. The monoisotopic (exact) mass is 400 g/mol. The molecule has 0 heterocycles. The average molecular weight is 402 g/mol. The summed E-state index contributed by atoms with van der Waals surface area (Å²) in [6, 6.07) is 1.69. The minimum absolute atomic E-state index is 0. The predicted molar refractivity (Wildman–Crippen MR) is 92.9 cm³/mol. The maximum Gasteiger partial charge on any atom is 1.00 e. The van der Waals surface area contributed by atoms with Crippen LogP contribution in [-0.4, -0.2) is 25.4 Å². The van der Waals surface area contributed by atoms with Crippen molar-refractivity contribution >= 4 is 41.6 Å². The van der Waals surface area contributed by atoms with Crippen molar-refractivity contribution in [3.63, 3.8) is 0 Å². The van der Waals surface area contributed by atoms with Gasteiger partial charge in [-0.05, 0) is 49.1 Å². The van der Waals surface area contributed by atoms with Crippen LogP contribution >= 0.6 is 36.1 Å². The molecule has 0 saturated heterocycles. The number of benzene rings is 1. The van der Waals surface area contributed by atoms with E-state index in [-0.39, 0.29) is 34.4 Å². The Morgan fingerprint density at radius 2 is 1.86 bits per heavy atom. The van der Waals surface area contributed by atoms with Crippen LogP contribution in [0.25, 0.3) is 0 Å². The van der Waals surface area contributed by atoms with Gasteiger partial charge < -0.3 is 10.9 Å². The van der Waals surface area contributed by atoms with E-state index in [4.69, 9.17) is 21.1 Å². The Morgan fingerprint density at radius 3 is 2.41 bits per heavy atom. The molecule has 22 heavy (non-hydrogen) atoms. The van der Waals surface area contributed by atoms with E-state index >= 15 is 0 Å². The van der Waals surface area contributed by atoms with Gasteiger partial charge in [0.05, 0.1) is 23.7 Å². The van der Waals surface area contributed by atoms with Gasteiger partial charge in [0, 0.05) is 0 Å². The summed E-state index contributed by atoms with van der Waals surface area (Å²) < 4.78 is 11.4. The van der Waals surface area contributed by atoms with Gasteiger partial charge in [-0.15, -0.1) is 0 Å². The molecule has 1 aliphatic rings. The summed E-state index contributed by atoms with van der Waals surface area (Å²) in [5.41, 5.74) is 1.01. The van der Waals surface area contributed by atoms with E-state index in [1.54, 1.807) is 13.2 Å². The van der Waals surface area contributed by atoms with Gasteiger partial charge in [-0.2, -0.15) is 0 Å². The largest absolute Gasteiger partial charge is 1.00 e. The number of rotatable bonds is 5. The fraction of sp³-hybridized carbons (Fsp3) is 0.533. The molecular weight excluding hydrogens is 381 g/mol. The summed E-state index contributed by atoms with van der Waals surface area (Å²) in [4.78, 5) is 12.7. The maximum atomic E-state index is 12.7.